The summed E-state index contributed by atoms with van der Waals surface area (Å²) in [6.45, 7) is 7.53. The van der Waals surface area contributed by atoms with E-state index >= 15 is 0 Å². The van der Waals surface area contributed by atoms with Crippen molar-refractivity contribution in [2.24, 2.45) is 17.8 Å². The molecule has 3 atom stereocenters. The van der Waals surface area contributed by atoms with Crippen LogP contribution in [0.25, 0.3) is 0 Å². The Labute approximate surface area is 164 Å². The van der Waals surface area contributed by atoms with Crippen LogP contribution in [-0.4, -0.2) is 36.0 Å². The Bertz CT molecular complexity index is 631. The van der Waals surface area contributed by atoms with Crippen molar-refractivity contribution in [1.29, 1.82) is 0 Å². The molecule has 7 nitrogen and oxygen atoms in total. The number of hydrogen-bond acceptors (Lipinski definition) is 5. The summed E-state index contributed by atoms with van der Waals surface area (Å²) in [5.41, 5.74) is 1.64. The zero-order chi connectivity index (χ0) is 20.4. The van der Waals surface area contributed by atoms with Gasteiger partial charge in [0.05, 0.1) is 11.8 Å². The van der Waals surface area contributed by atoms with E-state index in [1.807, 2.05) is 31.4 Å². The average Bonchev–Trinajstić information content (AvgIpc) is 3.15. The molecule has 150 valence electrons. The summed E-state index contributed by atoms with van der Waals surface area (Å²) >= 11 is 1.51. The summed E-state index contributed by atoms with van der Waals surface area (Å²) in [5.74, 6) is -2.62. The molecule has 0 aliphatic rings. The number of carbonyl (C=O) groups excluding carboxylic acids is 3. The van der Waals surface area contributed by atoms with Gasteiger partial charge in [0.1, 0.15) is 6.04 Å². The fourth-order valence-corrected chi connectivity index (χ4v) is 3.72. The first-order valence-corrected chi connectivity index (χ1v) is 9.81. The number of thiophene rings is 1. The molecule has 0 aliphatic carbocycles. The molecule has 1 aromatic heterocycles. The second-order valence-electron chi connectivity index (χ2n) is 6.80. The maximum Gasteiger partial charge on any atom is 0.247 e. The maximum absolute atomic E-state index is 13.0. The Morgan fingerprint density at radius 2 is 1.93 bits per heavy atom. The third kappa shape index (κ3) is 7.15. The number of nitrogens with one attached hydrogen (secondary N) is 3. The van der Waals surface area contributed by atoms with Crippen LogP contribution in [0.4, 0.5) is 0 Å². The second-order valence-corrected chi connectivity index (χ2v) is 7.83. The number of rotatable bonds is 11. The molecule has 0 aliphatic heterocycles. The molecule has 1 heterocycles. The molecule has 8 heteroatoms. The summed E-state index contributed by atoms with van der Waals surface area (Å²) in [7, 11) is 1.52. The van der Waals surface area contributed by atoms with Crippen LogP contribution in [0.15, 0.2) is 30.2 Å². The Kier molecular flexibility index (Phi) is 9.74. The van der Waals surface area contributed by atoms with Crippen LogP contribution in [0.2, 0.25) is 0 Å². The van der Waals surface area contributed by atoms with Gasteiger partial charge in [0.2, 0.25) is 17.7 Å². The van der Waals surface area contributed by atoms with E-state index in [0.717, 1.165) is 4.88 Å². The summed E-state index contributed by atoms with van der Waals surface area (Å²) in [6.07, 6.45) is 2.60. The van der Waals surface area contributed by atoms with Crippen molar-refractivity contribution in [3.8, 4) is 0 Å². The molecular formula is C19H29N3O4S. The Morgan fingerprint density at radius 1 is 1.22 bits per heavy atom. The van der Waals surface area contributed by atoms with Crippen LogP contribution in [-0.2, 0) is 20.8 Å². The van der Waals surface area contributed by atoms with Crippen molar-refractivity contribution in [2.45, 2.75) is 39.2 Å². The van der Waals surface area contributed by atoms with E-state index in [1.165, 1.54) is 18.4 Å². The predicted molar refractivity (Wildman–Crippen MR) is 105 cm³/mol. The summed E-state index contributed by atoms with van der Waals surface area (Å²) in [4.78, 5) is 38.3. The maximum atomic E-state index is 13.0. The minimum atomic E-state index is -0.762. The molecule has 0 saturated carbocycles. The van der Waals surface area contributed by atoms with Gasteiger partial charge in [-0.2, -0.15) is 0 Å². The Hall–Kier alpha value is -2.19. The molecule has 0 bridgehead atoms. The minimum absolute atomic E-state index is 0.148. The standard InChI is InChI=1S/C19H29N3O4S/c1-5-7-14(18(24)22-26)15(10-12(2)3)17(23)21-16(19(25)20-4)11-13-8-6-9-27-13/h5-6,8-9,12,14-16,26H,1,7,10-11H2,2-4H3,(H,20,25)(H,21,23)(H,22,24)/t14-,15+,16?/m0/s1. The van der Waals surface area contributed by atoms with Crippen molar-refractivity contribution < 1.29 is 19.6 Å². The van der Waals surface area contributed by atoms with Gasteiger partial charge in [-0.05, 0) is 30.2 Å². The lowest BCUT2D eigenvalue weighted by molar-refractivity contribution is -0.141. The van der Waals surface area contributed by atoms with Gasteiger partial charge in [-0.15, -0.1) is 17.9 Å². The van der Waals surface area contributed by atoms with Crippen molar-refractivity contribution in [2.75, 3.05) is 7.05 Å². The highest BCUT2D eigenvalue weighted by atomic mass is 32.1. The van der Waals surface area contributed by atoms with E-state index in [9.17, 15) is 14.4 Å². The fraction of sp³-hybridized carbons (Fsp3) is 0.526. The fourth-order valence-electron chi connectivity index (χ4n) is 2.97. The van der Waals surface area contributed by atoms with E-state index in [2.05, 4.69) is 17.2 Å². The van der Waals surface area contributed by atoms with Crippen molar-refractivity contribution in [1.82, 2.24) is 16.1 Å². The normalized spacial score (nSPS) is 14.1. The lowest BCUT2D eigenvalue weighted by Gasteiger charge is -2.27. The van der Waals surface area contributed by atoms with E-state index < -0.39 is 23.8 Å². The summed E-state index contributed by atoms with van der Waals surface area (Å²) in [5, 5.41) is 16.3. The zero-order valence-corrected chi connectivity index (χ0v) is 16.8. The highest BCUT2D eigenvalue weighted by Gasteiger charge is 2.35. The van der Waals surface area contributed by atoms with E-state index in [-0.39, 0.29) is 24.2 Å². The quantitative estimate of drug-likeness (QED) is 0.261. The molecule has 0 radical (unpaired) electrons. The lowest BCUT2D eigenvalue weighted by Crippen LogP contribution is -2.51. The topological polar surface area (TPSA) is 108 Å². The van der Waals surface area contributed by atoms with Crippen molar-refractivity contribution >= 4 is 29.1 Å². The van der Waals surface area contributed by atoms with Gasteiger partial charge in [0, 0.05) is 18.3 Å². The molecule has 1 aromatic rings. The molecule has 3 amide bonds. The summed E-state index contributed by atoms with van der Waals surface area (Å²) in [6, 6.07) is 3.05. The lowest BCUT2D eigenvalue weighted by atomic mass is 9.82. The number of likely N-dealkylation sites (N-methyl/N-ethyl adjacent to an activating group) is 1. The number of hydroxylamine groups is 1. The van der Waals surface area contributed by atoms with Crippen molar-refractivity contribution in [3.05, 3.63) is 35.0 Å². The first kappa shape index (κ1) is 22.9. The smallest absolute Gasteiger partial charge is 0.247 e. The van der Waals surface area contributed by atoms with Gasteiger partial charge in [-0.3, -0.25) is 19.6 Å². The van der Waals surface area contributed by atoms with Crippen molar-refractivity contribution in [3.63, 3.8) is 0 Å². The molecule has 0 saturated heterocycles. The van der Waals surface area contributed by atoms with Gasteiger partial charge in [-0.25, -0.2) is 5.48 Å². The first-order valence-electron chi connectivity index (χ1n) is 8.93. The van der Waals surface area contributed by atoms with E-state index in [1.54, 1.807) is 11.6 Å². The monoisotopic (exact) mass is 395 g/mol. The number of carbonyl (C=O) groups is 3. The van der Waals surface area contributed by atoms with Gasteiger partial charge in [-0.1, -0.05) is 26.0 Å². The van der Waals surface area contributed by atoms with Crippen LogP contribution in [0, 0.1) is 17.8 Å². The number of amides is 3. The molecule has 0 aromatic carbocycles. The molecule has 4 N–H and O–H groups in total. The zero-order valence-electron chi connectivity index (χ0n) is 16.0. The Morgan fingerprint density at radius 3 is 2.41 bits per heavy atom. The Balaban J connectivity index is 3.04. The third-order valence-electron chi connectivity index (χ3n) is 4.28. The second kappa shape index (κ2) is 11.5. The third-order valence-corrected chi connectivity index (χ3v) is 5.18. The van der Waals surface area contributed by atoms with Crippen LogP contribution in [0.1, 0.15) is 31.6 Å². The van der Waals surface area contributed by atoms with Gasteiger partial charge in [0.25, 0.3) is 0 Å². The van der Waals surface area contributed by atoms with Crippen LogP contribution >= 0.6 is 11.3 Å². The van der Waals surface area contributed by atoms with Crippen LogP contribution in [0.5, 0.6) is 0 Å². The van der Waals surface area contributed by atoms with Crippen LogP contribution < -0.4 is 16.1 Å². The molecule has 0 spiro atoms. The summed E-state index contributed by atoms with van der Waals surface area (Å²) < 4.78 is 0. The van der Waals surface area contributed by atoms with Crippen LogP contribution in [0.3, 0.4) is 0 Å². The van der Waals surface area contributed by atoms with E-state index in [4.69, 9.17) is 5.21 Å². The SMILES string of the molecule is C=CC[C@H](C(=O)NO)[C@@H](CC(C)C)C(=O)NC(Cc1cccs1)C(=O)NC. The molecule has 1 rings (SSSR count). The predicted octanol–water partition coefficient (Wildman–Crippen LogP) is 1.88. The molecular weight excluding hydrogens is 366 g/mol. The van der Waals surface area contributed by atoms with Gasteiger partial charge in [0.15, 0.2) is 0 Å². The molecule has 27 heavy (non-hydrogen) atoms. The number of allylic oxidation sites excluding steroid dienone is 1. The average molecular weight is 396 g/mol. The first-order chi connectivity index (χ1) is 12.8. The largest absolute Gasteiger partial charge is 0.357 e. The van der Waals surface area contributed by atoms with Gasteiger partial charge < -0.3 is 10.6 Å². The highest BCUT2D eigenvalue weighted by molar-refractivity contribution is 7.09. The highest BCUT2D eigenvalue weighted by Crippen LogP contribution is 2.25. The number of hydrogen-bond donors (Lipinski definition) is 4. The molecule has 0 fully saturated rings. The van der Waals surface area contributed by atoms with E-state index in [0.29, 0.717) is 12.8 Å². The minimum Gasteiger partial charge on any atom is -0.357 e. The van der Waals surface area contributed by atoms with Gasteiger partial charge >= 0.3 is 0 Å². The molecule has 1 unspecified atom stereocenters.